The number of hydrogen-bond donors (Lipinski definition) is 0. The number of thiophene rings is 4. The summed E-state index contributed by atoms with van der Waals surface area (Å²) in [4.78, 5) is 64.5. The minimum absolute atomic E-state index is 0.00960. The Morgan fingerprint density at radius 1 is 0.609 bits per heavy atom. The van der Waals surface area contributed by atoms with Crippen LogP contribution in [-0.4, -0.2) is 28.8 Å². The predicted octanol–water partition coefficient (Wildman–Crippen LogP) is 11.3. The molecule has 4 atom stereocenters. The van der Waals surface area contributed by atoms with Crippen molar-refractivity contribution in [3.63, 3.8) is 0 Å². The Hall–Kier alpha value is -6.07. The summed E-state index contributed by atoms with van der Waals surface area (Å²) in [5.41, 5.74) is 1.21. The third-order valence-electron chi connectivity index (χ3n) is 14.6. The Balaban J connectivity index is 0.959. The molecule has 0 saturated heterocycles. The summed E-state index contributed by atoms with van der Waals surface area (Å²) >= 11 is 6.27. The second-order valence-electron chi connectivity index (χ2n) is 17.9. The van der Waals surface area contributed by atoms with Crippen LogP contribution in [0.5, 0.6) is 11.5 Å². The van der Waals surface area contributed by atoms with E-state index in [1.54, 1.807) is 28.7 Å². The fraction of sp³-hybridized carbons (Fsp3) is 0.367. The number of ketones is 4. The minimum Gasteiger partial charge on any atom is -0.479 e. The van der Waals surface area contributed by atoms with Crippen LogP contribution in [0.3, 0.4) is 0 Å². The summed E-state index contributed by atoms with van der Waals surface area (Å²) < 4.78 is 16.6. The first-order valence-electron chi connectivity index (χ1n) is 21.6. The van der Waals surface area contributed by atoms with Gasteiger partial charge in [-0.25, -0.2) is 4.99 Å². The van der Waals surface area contributed by atoms with Crippen LogP contribution >= 0.6 is 45.3 Å². The van der Waals surface area contributed by atoms with Gasteiger partial charge in [-0.2, -0.15) is 21.0 Å². The number of benzene rings is 1. The first-order valence-corrected chi connectivity index (χ1v) is 24.9. The molecule has 0 bridgehead atoms. The van der Waals surface area contributed by atoms with Crippen molar-refractivity contribution in [2.75, 3.05) is 0 Å². The molecular weight excluding hydrogens is 883 g/mol. The van der Waals surface area contributed by atoms with Crippen molar-refractivity contribution >= 4 is 94.7 Å². The van der Waals surface area contributed by atoms with Gasteiger partial charge in [0, 0.05) is 39.0 Å². The number of ether oxygens (including phenoxy) is 2. The number of rotatable bonds is 2. The van der Waals surface area contributed by atoms with E-state index < -0.39 is 46.4 Å². The Bertz CT molecular complexity index is 3170. The number of carbonyl (C=O) groups excluding carboxylic acids is 4. The maximum absolute atomic E-state index is 13.8. The van der Waals surface area contributed by atoms with E-state index in [4.69, 9.17) is 14.5 Å². The van der Waals surface area contributed by atoms with E-state index in [1.165, 1.54) is 34.8 Å². The van der Waals surface area contributed by atoms with Gasteiger partial charge in [0.15, 0.2) is 40.3 Å². The molecule has 0 amide bonds. The molecule has 2 spiro atoms. The Morgan fingerprint density at radius 2 is 1.09 bits per heavy atom. The molecule has 1 aromatic carbocycles. The van der Waals surface area contributed by atoms with Crippen molar-refractivity contribution in [2.45, 2.75) is 88.3 Å². The van der Waals surface area contributed by atoms with Crippen molar-refractivity contribution in [1.29, 1.82) is 21.0 Å². The lowest BCUT2D eigenvalue weighted by atomic mass is 9.70. The van der Waals surface area contributed by atoms with Crippen LogP contribution in [0, 0.1) is 69.0 Å². The van der Waals surface area contributed by atoms with Crippen molar-refractivity contribution in [3.8, 4) is 55.3 Å². The normalized spacial score (nSPS) is 24.3. The summed E-state index contributed by atoms with van der Waals surface area (Å²) in [6.45, 7) is 0. The van der Waals surface area contributed by atoms with Gasteiger partial charge in [0.05, 0.1) is 69.6 Å². The number of carbonyl (C=O) groups is 4. The molecule has 64 heavy (non-hydrogen) atoms. The smallest absolute Gasteiger partial charge is 0.197 e. The maximum Gasteiger partial charge on any atom is 0.197 e. The highest BCUT2D eigenvalue weighted by molar-refractivity contribution is 7.35. The fourth-order valence-electron chi connectivity index (χ4n) is 11.4. The largest absolute Gasteiger partial charge is 0.479 e. The molecule has 5 aliphatic carbocycles. The topological polar surface area (TPSA) is 194 Å². The third-order valence-corrected chi connectivity index (χ3v) is 19.5. The average molecular weight is 916 g/mol. The molecule has 4 unspecified atom stereocenters. The lowest BCUT2D eigenvalue weighted by Crippen LogP contribution is -2.37. The van der Waals surface area contributed by atoms with Crippen molar-refractivity contribution in [2.24, 2.45) is 28.7 Å². The van der Waals surface area contributed by atoms with Gasteiger partial charge in [-0.05, 0) is 94.5 Å². The highest BCUT2D eigenvalue weighted by atomic mass is 32.1. The first-order chi connectivity index (χ1) is 31.1. The lowest BCUT2D eigenvalue weighted by molar-refractivity contribution is -0.121. The van der Waals surface area contributed by atoms with Gasteiger partial charge in [0.2, 0.25) is 0 Å². The standard InChI is InChI=1S/C49H33N5O6S4/c50-18-22-11-27-28(12-23(22)19-51)37(56)31(36(27)55)15-26-16-32-42(61-26)44-40(59-48(32)7-3-1-4-8-48)46-47(63-44)41-45(64-46)43-33(49(60-41)9-5-2-6-10-49)17-34(62-43)54-35-38(57)29-13-24(20-52)25(21-53)14-30(29)39(35)58/h11-12,15-17,24-25,29-30H,1-10,13-14H2. The fourth-order valence-corrected chi connectivity index (χ4v) is 16.6. The summed E-state index contributed by atoms with van der Waals surface area (Å²) in [6, 6.07) is 15.1. The van der Waals surface area contributed by atoms with Crippen LogP contribution in [0.2, 0.25) is 0 Å². The van der Waals surface area contributed by atoms with Gasteiger partial charge in [-0.3, -0.25) is 19.2 Å². The summed E-state index contributed by atoms with van der Waals surface area (Å²) in [5.74, 6) is -2.39. The molecule has 4 saturated carbocycles. The van der Waals surface area contributed by atoms with Gasteiger partial charge >= 0.3 is 0 Å². The van der Waals surface area contributed by atoms with Crippen LogP contribution in [0.4, 0.5) is 5.00 Å². The van der Waals surface area contributed by atoms with E-state index in [-0.39, 0.29) is 57.9 Å². The highest BCUT2D eigenvalue weighted by Gasteiger charge is 2.53. The molecule has 15 heteroatoms. The van der Waals surface area contributed by atoms with E-state index >= 15 is 0 Å². The van der Waals surface area contributed by atoms with Crippen molar-refractivity contribution in [3.05, 3.63) is 68.1 Å². The van der Waals surface area contributed by atoms with Gasteiger partial charge in [0.1, 0.15) is 28.3 Å². The number of allylic oxidation sites excluding steroid dienone is 1. The SMILES string of the molecule is N#Cc1cc2c(cc1C#N)C(=O)C(=Cc1cc3c(s1)-c1sc4c5c(sc4c1OC31CCCCC1)-c1sc(N=C3C(=O)C4CC(C#N)C(C#N)CC4C3=O)cc1C1(CCCCC1)O5)C2=O. The molecule has 2 aliphatic heterocycles. The van der Waals surface area contributed by atoms with Gasteiger partial charge in [-0.1, -0.05) is 12.8 Å². The zero-order valence-corrected chi connectivity index (χ0v) is 37.3. The quantitative estimate of drug-likeness (QED) is 0.121. The molecule has 11 nitrogen and oxygen atoms in total. The Labute approximate surface area is 382 Å². The molecule has 6 heterocycles. The number of nitrogens with zero attached hydrogens (tertiary/aromatic N) is 5. The number of nitriles is 4. The monoisotopic (exact) mass is 915 g/mol. The van der Waals surface area contributed by atoms with E-state index in [0.717, 1.165) is 121 Å². The van der Waals surface area contributed by atoms with Crippen LogP contribution in [0.15, 0.2) is 34.8 Å². The summed E-state index contributed by atoms with van der Waals surface area (Å²) in [6.07, 6.45) is 11.4. The maximum atomic E-state index is 13.8. The van der Waals surface area contributed by atoms with Gasteiger partial charge in [0.25, 0.3) is 0 Å². The molecule has 314 valence electrons. The molecule has 4 fully saturated rings. The molecule has 0 N–H and O–H groups in total. The van der Waals surface area contributed by atoms with Crippen molar-refractivity contribution in [1.82, 2.24) is 0 Å². The third kappa shape index (κ3) is 5.45. The van der Waals surface area contributed by atoms with Gasteiger partial charge < -0.3 is 9.47 Å². The van der Waals surface area contributed by atoms with E-state index in [9.17, 15) is 40.2 Å². The molecule has 5 aromatic rings. The molecule has 12 rings (SSSR count). The Kier molecular flexibility index (Phi) is 8.78. The molecule has 7 aliphatic rings. The molecular formula is C49H33N5O6S4. The van der Waals surface area contributed by atoms with Crippen LogP contribution in [0.1, 0.15) is 125 Å². The minimum atomic E-state index is -0.629. The number of hydrogen-bond acceptors (Lipinski definition) is 15. The van der Waals surface area contributed by atoms with Gasteiger partial charge in [-0.15, -0.1) is 45.3 Å². The summed E-state index contributed by atoms with van der Waals surface area (Å²) in [7, 11) is 0. The Morgan fingerprint density at radius 3 is 1.58 bits per heavy atom. The first kappa shape index (κ1) is 39.5. The molecule has 0 radical (unpaired) electrons. The zero-order valence-electron chi connectivity index (χ0n) is 34.0. The van der Waals surface area contributed by atoms with Crippen LogP contribution in [-0.2, 0) is 20.8 Å². The lowest BCUT2D eigenvalue weighted by Gasteiger charge is -2.41. The van der Waals surface area contributed by atoms with Crippen LogP contribution in [0.25, 0.3) is 35.0 Å². The highest BCUT2D eigenvalue weighted by Crippen LogP contribution is 2.67. The van der Waals surface area contributed by atoms with E-state index in [0.29, 0.717) is 5.00 Å². The number of aliphatic imine (C=N–C) groups is 1. The number of Topliss-reactive ketones (excluding diaryl/α,β-unsaturated/α-hetero) is 4. The second-order valence-corrected chi connectivity index (χ2v) is 22.1. The predicted molar refractivity (Wildman–Crippen MR) is 241 cm³/mol. The van der Waals surface area contributed by atoms with Crippen LogP contribution < -0.4 is 9.47 Å². The second kappa shape index (κ2) is 14.2. The molecule has 4 aromatic heterocycles. The number of fused-ring (bicyclic) bond motifs is 13. The van der Waals surface area contributed by atoms with Crippen molar-refractivity contribution < 1.29 is 28.7 Å². The zero-order chi connectivity index (χ0) is 43.8. The van der Waals surface area contributed by atoms with E-state index in [2.05, 4.69) is 18.2 Å². The van der Waals surface area contributed by atoms with E-state index in [1.807, 2.05) is 18.2 Å². The summed E-state index contributed by atoms with van der Waals surface area (Å²) in [5, 5.41) is 39.2. The average Bonchev–Trinajstić information content (AvgIpc) is 4.17.